The van der Waals surface area contributed by atoms with E-state index in [-0.39, 0.29) is 24.7 Å². The van der Waals surface area contributed by atoms with Crippen molar-refractivity contribution in [2.45, 2.75) is 6.42 Å². The third kappa shape index (κ3) is 3.71. The topological polar surface area (TPSA) is 63.8 Å². The first-order valence-electron chi connectivity index (χ1n) is 6.98. The number of anilines is 1. The summed E-state index contributed by atoms with van der Waals surface area (Å²) in [7, 11) is 0. The normalized spacial score (nSPS) is 10.9. The Morgan fingerprint density at radius 1 is 1.04 bits per heavy atom. The van der Waals surface area contributed by atoms with Gasteiger partial charge in [0.15, 0.2) is 0 Å². The third-order valence-corrected chi connectivity index (χ3v) is 3.42. The highest BCUT2D eigenvalue weighted by Gasteiger charge is 2.20. The molecule has 0 saturated heterocycles. The fourth-order valence-corrected chi connectivity index (χ4v) is 2.23. The average Bonchev–Trinajstić information content (AvgIpc) is 3.05. The summed E-state index contributed by atoms with van der Waals surface area (Å²) in [5.74, 6) is -6.23. The summed E-state index contributed by atoms with van der Waals surface area (Å²) in [5, 5.41) is 6.51. The quantitative estimate of drug-likeness (QED) is 0.542. The molecular weight excluding hydrogens is 364 g/mol. The van der Waals surface area contributed by atoms with Gasteiger partial charge in [-0.2, -0.15) is 27.5 Å². The van der Waals surface area contributed by atoms with Crippen molar-refractivity contribution in [3.8, 4) is 11.4 Å². The zero-order chi connectivity index (χ0) is 18.0. The number of nitrogens with zero attached hydrogens (tertiary/aromatic N) is 3. The van der Waals surface area contributed by atoms with Crippen LogP contribution in [0.15, 0.2) is 28.8 Å². The van der Waals surface area contributed by atoms with E-state index in [0.717, 1.165) is 0 Å². The maximum Gasteiger partial charge on any atom is 0.253 e. The molecular formula is C15H9ClF4N4O. The summed E-state index contributed by atoms with van der Waals surface area (Å²) >= 11 is 5.87. The van der Waals surface area contributed by atoms with E-state index in [0.29, 0.717) is 10.6 Å². The number of hydrogen-bond acceptors (Lipinski definition) is 5. The molecule has 0 atom stereocenters. The van der Waals surface area contributed by atoms with E-state index < -0.39 is 29.2 Å². The van der Waals surface area contributed by atoms with Crippen LogP contribution in [-0.2, 0) is 6.42 Å². The van der Waals surface area contributed by atoms with Gasteiger partial charge in [0.25, 0.3) is 11.9 Å². The first-order chi connectivity index (χ1) is 12.0. The van der Waals surface area contributed by atoms with Crippen LogP contribution in [0, 0.1) is 23.5 Å². The molecule has 0 aliphatic rings. The van der Waals surface area contributed by atoms with Crippen LogP contribution in [-0.4, -0.2) is 21.7 Å². The Balaban J connectivity index is 1.68. The highest BCUT2D eigenvalue weighted by molar-refractivity contribution is 6.30. The Hall–Kier alpha value is -2.68. The van der Waals surface area contributed by atoms with Crippen LogP contribution < -0.4 is 5.32 Å². The minimum atomic E-state index is -1.73. The first-order valence-corrected chi connectivity index (χ1v) is 7.36. The molecule has 3 rings (SSSR count). The van der Waals surface area contributed by atoms with Crippen molar-refractivity contribution >= 4 is 17.3 Å². The van der Waals surface area contributed by atoms with Gasteiger partial charge in [0.1, 0.15) is 5.69 Å². The van der Waals surface area contributed by atoms with Crippen LogP contribution in [0.1, 0.15) is 5.89 Å². The molecule has 130 valence electrons. The molecule has 0 amide bonds. The second-order valence-electron chi connectivity index (χ2n) is 4.90. The van der Waals surface area contributed by atoms with E-state index >= 15 is 0 Å². The van der Waals surface area contributed by atoms with Gasteiger partial charge in [0, 0.05) is 23.6 Å². The van der Waals surface area contributed by atoms with Gasteiger partial charge in [-0.15, -0.1) is 0 Å². The number of pyridine rings is 1. The molecule has 0 saturated carbocycles. The Morgan fingerprint density at radius 2 is 1.76 bits per heavy atom. The summed E-state index contributed by atoms with van der Waals surface area (Å²) < 4.78 is 58.0. The Kier molecular flexibility index (Phi) is 4.84. The smallest absolute Gasteiger partial charge is 0.253 e. The molecule has 3 aromatic rings. The molecule has 5 nitrogen and oxygen atoms in total. The van der Waals surface area contributed by atoms with Crippen LogP contribution in [0.3, 0.4) is 0 Å². The van der Waals surface area contributed by atoms with Crippen molar-refractivity contribution in [3.63, 3.8) is 0 Å². The van der Waals surface area contributed by atoms with Gasteiger partial charge in [-0.1, -0.05) is 28.9 Å². The van der Waals surface area contributed by atoms with E-state index in [1.165, 1.54) is 0 Å². The second-order valence-corrected chi connectivity index (χ2v) is 5.33. The van der Waals surface area contributed by atoms with Crippen molar-refractivity contribution in [2.24, 2.45) is 0 Å². The lowest BCUT2D eigenvalue weighted by molar-refractivity contribution is 0.380. The van der Waals surface area contributed by atoms with Crippen LogP contribution in [0.2, 0.25) is 5.02 Å². The number of rotatable bonds is 5. The maximum atomic E-state index is 13.5. The van der Waals surface area contributed by atoms with E-state index in [4.69, 9.17) is 16.1 Å². The Bertz CT molecular complexity index is 892. The van der Waals surface area contributed by atoms with Crippen molar-refractivity contribution in [3.05, 3.63) is 58.7 Å². The SMILES string of the molecule is Fc1nc(F)c(F)c(NCCc2nc(-c3cccc(Cl)c3)no2)c1F. The molecule has 2 aromatic heterocycles. The van der Waals surface area contributed by atoms with Crippen molar-refractivity contribution in [1.29, 1.82) is 0 Å². The Morgan fingerprint density at radius 3 is 2.44 bits per heavy atom. The summed E-state index contributed by atoms with van der Waals surface area (Å²) in [6, 6.07) is 6.77. The molecule has 2 heterocycles. The maximum absolute atomic E-state index is 13.5. The highest BCUT2D eigenvalue weighted by Crippen LogP contribution is 2.22. The van der Waals surface area contributed by atoms with Crippen molar-refractivity contribution < 1.29 is 22.1 Å². The van der Waals surface area contributed by atoms with Crippen LogP contribution >= 0.6 is 11.6 Å². The second kappa shape index (κ2) is 7.06. The summed E-state index contributed by atoms with van der Waals surface area (Å²) in [6.07, 6.45) is 0.0675. The number of benzene rings is 1. The molecule has 0 unspecified atom stereocenters. The molecule has 0 fully saturated rings. The van der Waals surface area contributed by atoms with E-state index in [2.05, 4.69) is 20.4 Å². The minimum absolute atomic E-state index is 0.0675. The summed E-state index contributed by atoms with van der Waals surface area (Å²) in [5.41, 5.74) is -0.314. The van der Waals surface area contributed by atoms with E-state index in [9.17, 15) is 17.6 Å². The highest BCUT2D eigenvalue weighted by atomic mass is 35.5. The van der Waals surface area contributed by atoms with Crippen LogP contribution in [0.25, 0.3) is 11.4 Å². The Labute approximate surface area is 143 Å². The summed E-state index contributed by atoms with van der Waals surface area (Å²) in [4.78, 5) is 6.58. The molecule has 0 spiro atoms. The fraction of sp³-hybridized carbons (Fsp3) is 0.133. The number of halogens is 5. The van der Waals surface area contributed by atoms with Gasteiger partial charge < -0.3 is 9.84 Å². The van der Waals surface area contributed by atoms with Gasteiger partial charge in [-0.05, 0) is 12.1 Å². The predicted octanol–water partition coefficient (Wildman–Crippen LogP) is 4.00. The van der Waals surface area contributed by atoms with Gasteiger partial charge in [0.2, 0.25) is 23.3 Å². The lowest BCUT2D eigenvalue weighted by atomic mass is 10.2. The minimum Gasteiger partial charge on any atom is -0.379 e. The van der Waals surface area contributed by atoms with Gasteiger partial charge >= 0.3 is 0 Å². The largest absolute Gasteiger partial charge is 0.379 e. The molecule has 0 aliphatic heterocycles. The number of nitrogens with one attached hydrogen (secondary N) is 1. The molecule has 1 N–H and O–H groups in total. The molecule has 0 bridgehead atoms. The molecule has 25 heavy (non-hydrogen) atoms. The van der Waals surface area contributed by atoms with Crippen molar-refractivity contribution in [2.75, 3.05) is 11.9 Å². The lowest BCUT2D eigenvalue weighted by Crippen LogP contribution is -2.12. The number of aromatic nitrogens is 3. The standard InChI is InChI=1S/C15H9ClF4N4O/c16-8-3-1-2-7(6-8)15-22-9(25-24-15)4-5-21-12-10(17)13(19)23-14(20)11(12)18/h1-3,6H,4-5H2,(H,21,23). The molecule has 10 heteroatoms. The predicted molar refractivity (Wildman–Crippen MR) is 81.0 cm³/mol. The zero-order valence-corrected chi connectivity index (χ0v) is 13.1. The molecule has 1 aromatic carbocycles. The molecule has 0 radical (unpaired) electrons. The van der Waals surface area contributed by atoms with Gasteiger partial charge in [-0.25, -0.2) is 0 Å². The van der Waals surface area contributed by atoms with E-state index in [1.54, 1.807) is 24.3 Å². The molecule has 0 aliphatic carbocycles. The first kappa shape index (κ1) is 17.2. The van der Waals surface area contributed by atoms with Crippen LogP contribution in [0.4, 0.5) is 23.2 Å². The fourth-order valence-electron chi connectivity index (χ4n) is 2.04. The van der Waals surface area contributed by atoms with E-state index in [1.807, 2.05) is 0 Å². The lowest BCUT2D eigenvalue weighted by Gasteiger charge is -2.07. The van der Waals surface area contributed by atoms with Gasteiger partial charge in [0.05, 0.1) is 0 Å². The zero-order valence-electron chi connectivity index (χ0n) is 12.4. The monoisotopic (exact) mass is 372 g/mol. The summed E-state index contributed by atoms with van der Waals surface area (Å²) in [6.45, 7) is -0.103. The average molecular weight is 373 g/mol. The van der Waals surface area contributed by atoms with Crippen molar-refractivity contribution in [1.82, 2.24) is 15.1 Å². The van der Waals surface area contributed by atoms with Crippen LogP contribution in [0.5, 0.6) is 0 Å². The number of hydrogen-bond donors (Lipinski definition) is 1. The van der Waals surface area contributed by atoms with Gasteiger partial charge in [-0.3, -0.25) is 0 Å². The third-order valence-electron chi connectivity index (χ3n) is 3.19.